The zero-order valence-electron chi connectivity index (χ0n) is 12.8. The van der Waals surface area contributed by atoms with E-state index >= 15 is 0 Å². The van der Waals surface area contributed by atoms with Crippen LogP contribution in [0.4, 0.5) is 0 Å². The fraction of sp³-hybridized carbons (Fsp3) is 1.00. The normalized spacial score (nSPS) is 39.8. The standard InChI is InChI=1S/C16H32N2/c1-12(2)16-11-18(14(4)10-17-16)15-7-5-6-13(3)8-9-15/h12-17H,5-11H2,1-4H3. The van der Waals surface area contributed by atoms with Gasteiger partial charge < -0.3 is 5.32 Å². The summed E-state index contributed by atoms with van der Waals surface area (Å²) in [5.41, 5.74) is 0. The van der Waals surface area contributed by atoms with Crippen LogP contribution in [-0.4, -0.2) is 36.1 Å². The number of nitrogens with one attached hydrogen (secondary N) is 1. The fourth-order valence-corrected chi connectivity index (χ4v) is 3.67. The van der Waals surface area contributed by atoms with Crippen LogP contribution in [0.25, 0.3) is 0 Å². The minimum absolute atomic E-state index is 0.696. The van der Waals surface area contributed by atoms with Crippen LogP contribution in [0.15, 0.2) is 0 Å². The van der Waals surface area contributed by atoms with Gasteiger partial charge in [0.2, 0.25) is 0 Å². The average molecular weight is 252 g/mol. The third kappa shape index (κ3) is 3.48. The van der Waals surface area contributed by atoms with Crippen LogP contribution in [0.5, 0.6) is 0 Å². The van der Waals surface area contributed by atoms with Crippen molar-refractivity contribution >= 4 is 0 Å². The molecule has 2 fully saturated rings. The maximum atomic E-state index is 3.72. The molecule has 0 amide bonds. The summed E-state index contributed by atoms with van der Waals surface area (Å²) in [7, 11) is 0. The molecule has 2 nitrogen and oxygen atoms in total. The number of rotatable bonds is 2. The summed E-state index contributed by atoms with van der Waals surface area (Å²) in [5, 5.41) is 3.72. The van der Waals surface area contributed by atoms with Gasteiger partial charge in [0.25, 0.3) is 0 Å². The lowest BCUT2D eigenvalue weighted by Gasteiger charge is -2.44. The van der Waals surface area contributed by atoms with Crippen LogP contribution in [-0.2, 0) is 0 Å². The Bertz CT molecular complexity index is 251. The van der Waals surface area contributed by atoms with Crippen molar-refractivity contribution in [3.8, 4) is 0 Å². The lowest BCUT2D eigenvalue weighted by Crippen LogP contribution is -2.59. The molecule has 0 aromatic rings. The molecule has 1 N–H and O–H groups in total. The summed E-state index contributed by atoms with van der Waals surface area (Å²) in [5.74, 6) is 1.71. The predicted molar refractivity (Wildman–Crippen MR) is 78.8 cm³/mol. The molecule has 1 aliphatic heterocycles. The highest BCUT2D eigenvalue weighted by Crippen LogP contribution is 2.28. The van der Waals surface area contributed by atoms with Gasteiger partial charge in [0.15, 0.2) is 0 Å². The first-order valence-corrected chi connectivity index (χ1v) is 8.07. The third-order valence-corrected chi connectivity index (χ3v) is 5.15. The SMILES string of the molecule is CC1CCCC(N2CC(C(C)C)NCC2C)CC1. The van der Waals surface area contributed by atoms with Gasteiger partial charge in [-0.05, 0) is 38.0 Å². The first-order valence-electron chi connectivity index (χ1n) is 8.07. The van der Waals surface area contributed by atoms with E-state index in [4.69, 9.17) is 0 Å². The first kappa shape index (κ1) is 14.3. The predicted octanol–water partition coefficient (Wildman–Crippen LogP) is 3.27. The summed E-state index contributed by atoms with van der Waals surface area (Å²) in [4.78, 5) is 2.82. The number of hydrogen-bond donors (Lipinski definition) is 1. The molecule has 4 unspecified atom stereocenters. The second-order valence-electron chi connectivity index (χ2n) is 7.07. The molecule has 106 valence electrons. The summed E-state index contributed by atoms with van der Waals surface area (Å²) in [6.07, 6.45) is 7.18. The molecular weight excluding hydrogens is 220 g/mol. The van der Waals surface area contributed by atoms with E-state index in [0.717, 1.165) is 23.9 Å². The highest BCUT2D eigenvalue weighted by atomic mass is 15.3. The van der Waals surface area contributed by atoms with E-state index in [9.17, 15) is 0 Å². The molecule has 0 aromatic heterocycles. The summed E-state index contributed by atoms with van der Waals surface area (Å²) >= 11 is 0. The van der Waals surface area contributed by atoms with E-state index in [-0.39, 0.29) is 0 Å². The highest BCUT2D eigenvalue weighted by molar-refractivity contribution is 4.90. The minimum Gasteiger partial charge on any atom is -0.311 e. The molecule has 18 heavy (non-hydrogen) atoms. The molecule has 1 heterocycles. The maximum absolute atomic E-state index is 3.72. The van der Waals surface area contributed by atoms with Crippen LogP contribution in [0.3, 0.4) is 0 Å². The molecule has 0 radical (unpaired) electrons. The third-order valence-electron chi connectivity index (χ3n) is 5.15. The van der Waals surface area contributed by atoms with Crippen molar-refractivity contribution < 1.29 is 0 Å². The van der Waals surface area contributed by atoms with Gasteiger partial charge in [-0.2, -0.15) is 0 Å². The minimum atomic E-state index is 0.696. The van der Waals surface area contributed by atoms with Gasteiger partial charge in [0.05, 0.1) is 0 Å². The smallest absolute Gasteiger partial charge is 0.0218 e. The van der Waals surface area contributed by atoms with Crippen molar-refractivity contribution in [3.63, 3.8) is 0 Å². The Morgan fingerprint density at radius 1 is 1.06 bits per heavy atom. The lowest BCUT2D eigenvalue weighted by molar-refractivity contribution is 0.0699. The average Bonchev–Trinajstić information content (AvgIpc) is 2.54. The number of piperazine rings is 1. The van der Waals surface area contributed by atoms with Crippen LogP contribution in [0, 0.1) is 11.8 Å². The fourth-order valence-electron chi connectivity index (χ4n) is 3.67. The van der Waals surface area contributed by atoms with Crippen LogP contribution in [0.1, 0.15) is 59.8 Å². The van der Waals surface area contributed by atoms with Gasteiger partial charge in [0.1, 0.15) is 0 Å². The van der Waals surface area contributed by atoms with Gasteiger partial charge in [-0.3, -0.25) is 4.90 Å². The second kappa shape index (κ2) is 6.38. The zero-order chi connectivity index (χ0) is 13.1. The first-order chi connectivity index (χ1) is 8.58. The van der Waals surface area contributed by atoms with Gasteiger partial charge in [0, 0.05) is 31.2 Å². The molecule has 0 aromatic carbocycles. The Morgan fingerprint density at radius 3 is 2.56 bits per heavy atom. The van der Waals surface area contributed by atoms with Crippen molar-refractivity contribution in [2.45, 2.75) is 77.9 Å². The number of nitrogens with zero attached hydrogens (tertiary/aromatic N) is 1. The Balaban J connectivity index is 1.96. The van der Waals surface area contributed by atoms with E-state index in [1.165, 1.54) is 45.2 Å². The van der Waals surface area contributed by atoms with Crippen molar-refractivity contribution in [1.82, 2.24) is 10.2 Å². The quantitative estimate of drug-likeness (QED) is 0.759. The molecule has 0 bridgehead atoms. The molecule has 1 saturated carbocycles. The molecule has 1 aliphatic carbocycles. The van der Waals surface area contributed by atoms with E-state index in [2.05, 4.69) is 37.9 Å². The lowest BCUT2D eigenvalue weighted by atomic mass is 9.96. The monoisotopic (exact) mass is 252 g/mol. The van der Waals surface area contributed by atoms with E-state index < -0.39 is 0 Å². The summed E-state index contributed by atoms with van der Waals surface area (Å²) in [6, 6.07) is 2.27. The van der Waals surface area contributed by atoms with Crippen molar-refractivity contribution in [2.24, 2.45) is 11.8 Å². The molecule has 0 spiro atoms. The van der Waals surface area contributed by atoms with Gasteiger partial charge in [-0.15, -0.1) is 0 Å². The van der Waals surface area contributed by atoms with E-state index in [0.29, 0.717) is 6.04 Å². The Kier molecular flexibility index (Phi) is 5.08. The Hall–Kier alpha value is -0.0800. The number of hydrogen-bond acceptors (Lipinski definition) is 2. The summed E-state index contributed by atoms with van der Waals surface area (Å²) < 4.78 is 0. The molecule has 1 saturated heterocycles. The topological polar surface area (TPSA) is 15.3 Å². The van der Waals surface area contributed by atoms with Gasteiger partial charge in [-0.1, -0.05) is 33.6 Å². The molecule has 2 aliphatic rings. The summed E-state index contributed by atoms with van der Waals surface area (Å²) in [6.45, 7) is 12.0. The Labute approximate surface area is 114 Å². The second-order valence-corrected chi connectivity index (χ2v) is 7.07. The van der Waals surface area contributed by atoms with Crippen molar-refractivity contribution in [2.75, 3.05) is 13.1 Å². The largest absolute Gasteiger partial charge is 0.311 e. The molecular formula is C16H32N2. The highest BCUT2D eigenvalue weighted by Gasteiger charge is 2.32. The molecule has 2 heteroatoms. The molecule has 4 atom stereocenters. The van der Waals surface area contributed by atoms with Crippen LogP contribution < -0.4 is 5.32 Å². The maximum Gasteiger partial charge on any atom is 0.0218 e. The zero-order valence-corrected chi connectivity index (χ0v) is 12.8. The van der Waals surface area contributed by atoms with Gasteiger partial charge in [-0.25, -0.2) is 0 Å². The Morgan fingerprint density at radius 2 is 1.83 bits per heavy atom. The van der Waals surface area contributed by atoms with E-state index in [1.54, 1.807) is 0 Å². The van der Waals surface area contributed by atoms with E-state index in [1.807, 2.05) is 0 Å². The molecule has 2 rings (SSSR count). The van der Waals surface area contributed by atoms with Crippen LogP contribution in [0.2, 0.25) is 0 Å². The van der Waals surface area contributed by atoms with Crippen LogP contribution >= 0.6 is 0 Å². The van der Waals surface area contributed by atoms with Crippen molar-refractivity contribution in [3.05, 3.63) is 0 Å². The van der Waals surface area contributed by atoms with Crippen molar-refractivity contribution in [1.29, 1.82) is 0 Å². The van der Waals surface area contributed by atoms with Gasteiger partial charge >= 0.3 is 0 Å².